The third-order valence-electron chi connectivity index (χ3n) is 8.80. The van der Waals surface area contributed by atoms with Crippen LogP contribution in [-0.2, 0) is 0 Å². The largest absolute Gasteiger partial charge is 0.309 e. The van der Waals surface area contributed by atoms with Gasteiger partial charge in [-0.25, -0.2) is 9.97 Å². The number of benzene rings is 6. The third-order valence-corrected chi connectivity index (χ3v) is 8.80. The van der Waals surface area contributed by atoms with Crippen molar-refractivity contribution in [3.05, 3.63) is 140 Å². The van der Waals surface area contributed by atoms with Gasteiger partial charge in [-0.2, -0.15) is 0 Å². The minimum atomic E-state index is 0.924. The second-order valence-corrected chi connectivity index (χ2v) is 11.1. The lowest BCUT2D eigenvalue weighted by Gasteiger charge is -2.10. The fourth-order valence-corrected chi connectivity index (χ4v) is 7.06. The van der Waals surface area contributed by atoms with Crippen molar-refractivity contribution in [3.8, 4) is 5.69 Å². The number of fused-ring (bicyclic) bond motifs is 16. The van der Waals surface area contributed by atoms with E-state index in [2.05, 4.69) is 153 Å². The van der Waals surface area contributed by atoms with Gasteiger partial charge in [-0.1, -0.05) is 72.8 Å². The SMILES string of the molecule is c1ccc(-n2c3ccccc3c3c4c(ccc32)n2c3ccccc3nc2c2ccccc2n2c3ccccc3nc42)cc1. The van der Waals surface area contributed by atoms with E-state index in [-0.39, 0.29) is 0 Å². The average Bonchev–Trinajstić information content (AvgIpc) is 3.74. The van der Waals surface area contributed by atoms with Crippen LogP contribution in [0.15, 0.2) is 140 Å². The third kappa shape index (κ3) is 2.95. The second kappa shape index (κ2) is 8.30. The van der Waals surface area contributed by atoms with Gasteiger partial charge in [0.05, 0.1) is 49.5 Å². The van der Waals surface area contributed by atoms with Crippen LogP contribution >= 0.6 is 0 Å². The zero-order chi connectivity index (χ0) is 28.1. The molecule has 0 saturated heterocycles. The minimum Gasteiger partial charge on any atom is -0.309 e. The molecular weight excluding hydrogens is 526 g/mol. The molecule has 0 atom stereocenters. The van der Waals surface area contributed by atoms with E-state index in [1.165, 1.54) is 10.8 Å². The highest BCUT2D eigenvalue weighted by Crippen LogP contribution is 2.40. The highest BCUT2D eigenvalue weighted by molar-refractivity contribution is 6.25. The second-order valence-electron chi connectivity index (χ2n) is 11.1. The maximum absolute atomic E-state index is 5.39. The van der Waals surface area contributed by atoms with Gasteiger partial charge in [0.25, 0.3) is 0 Å². The van der Waals surface area contributed by atoms with Gasteiger partial charge in [0.1, 0.15) is 11.3 Å². The first-order chi connectivity index (χ1) is 21.4. The van der Waals surface area contributed by atoms with E-state index in [0.717, 1.165) is 71.9 Å². The smallest absolute Gasteiger partial charge is 0.148 e. The summed E-state index contributed by atoms with van der Waals surface area (Å²) in [6, 6.07) is 49.3. The lowest BCUT2D eigenvalue weighted by atomic mass is 10.1. The highest BCUT2D eigenvalue weighted by atomic mass is 15.1. The summed E-state index contributed by atoms with van der Waals surface area (Å²) in [6.07, 6.45) is 0. The zero-order valence-electron chi connectivity index (χ0n) is 23.0. The van der Waals surface area contributed by atoms with Gasteiger partial charge in [0.15, 0.2) is 0 Å². The van der Waals surface area contributed by atoms with Crippen molar-refractivity contribution in [1.82, 2.24) is 23.3 Å². The molecule has 0 aliphatic heterocycles. The number of para-hydroxylation sites is 7. The van der Waals surface area contributed by atoms with E-state index in [1.54, 1.807) is 0 Å². The van der Waals surface area contributed by atoms with E-state index in [4.69, 9.17) is 9.97 Å². The predicted octanol–water partition coefficient (Wildman–Crippen LogP) is 9.25. The van der Waals surface area contributed by atoms with Gasteiger partial charge in [0, 0.05) is 21.8 Å². The highest BCUT2D eigenvalue weighted by Gasteiger charge is 2.21. The Hall–Kier alpha value is -5.94. The summed E-state index contributed by atoms with van der Waals surface area (Å²) >= 11 is 0. The topological polar surface area (TPSA) is 39.5 Å². The van der Waals surface area contributed by atoms with Crippen molar-refractivity contribution in [1.29, 1.82) is 0 Å². The first-order valence-corrected chi connectivity index (χ1v) is 14.5. The Morgan fingerprint density at radius 3 is 1.63 bits per heavy atom. The van der Waals surface area contributed by atoms with Crippen molar-refractivity contribution in [2.24, 2.45) is 0 Å². The summed E-state index contributed by atoms with van der Waals surface area (Å²) in [4.78, 5) is 10.6. The summed E-state index contributed by atoms with van der Waals surface area (Å²) < 4.78 is 7.04. The molecule has 200 valence electrons. The van der Waals surface area contributed by atoms with Crippen LogP contribution in [0.1, 0.15) is 0 Å². The van der Waals surface area contributed by atoms with E-state index in [1.807, 2.05) is 0 Å². The van der Waals surface area contributed by atoms with Gasteiger partial charge in [-0.15, -0.1) is 0 Å². The lowest BCUT2D eigenvalue weighted by Crippen LogP contribution is -1.96. The molecule has 0 aliphatic rings. The van der Waals surface area contributed by atoms with E-state index < -0.39 is 0 Å². The maximum atomic E-state index is 5.39. The van der Waals surface area contributed by atoms with Gasteiger partial charge >= 0.3 is 0 Å². The Bertz CT molecular complexity index is 2770. The molecule has 0 N–H and O–H groups in total. The Morgan fingerprint density at radius 2 is 0.884 bits per heavy atom. The lowest BCUT2D eigenvalue weighted by molar-refractivity contribution is 1.18. The van der Waals surface area contributed by atoms with Gasteiger partial charge < -0.3 is 4.57 Å². The van der Waals surface area contributed by atoms with Crippen LogP contribution in [0.25, 0.3) is 82.7 Å². The number of aromatic nitrogens is 5. The molecule has 0 amide bonds. The fourth-order valence-electron chi connectivity index (χ4n) is 7.06. The van der Waals surface area contributed by atoms with Crippen LogP contribution in [0, 0.1) is 0 Å². The monoisotopic (exact) mass is 549 g/mol. The van der Waals surface area contributed by atoms with E-state index in [9.17, 15) is 0 Å². The number of nitrogens with zero attached hydrogens (tertiary/aromatic N) is 5. The first-order valence-electron chi connectivity index (χ1n) is 14.5. The van der Waals surface area contributed by atoms with Gasteiger partial charge in [-0.05, 0) is 66.7 Å². The summed E-state index contributed by atoms with van der Waals surface area (Å²) in [6.45, 7) is 0. The summed E-state index contributed by atoms with van der Waals surface area (Å²) in [5, 5.41) is 4.53. The maximum Gasteiger partial charge on any atom is 0.148 e. The van der Waals surface area contributed by atoms with Gasteiger partial charge in [-0.3, -0.25) is 8.80 Å². The molecule has 0 aliphatic carbocycles. The standard InChI is InChI=1S/C38H23N5/c1-2-12-24(13-3-1)41-29-18-8-4-14-25(29)35-33(41)22-23-34-36(35)38-40-28-17-7-10-20-31(28)42(38)30-19-9-5-15-26(30)37-39-27-16-6-11-21-32(27)43(34)37/h1-23H. The Labute approximate surface area is 245 Å². The Balaban J connectivity index is 1.62. The van der Waals surface area contributed by atoms with Crippen LogP contribution in [0.5, 0.6) is 0 Å². The first kappa shape index (κ1) is 22.7. The molecule has 10 rings (SSSR count). The molecule has 0 spiro atoms. The molecule has 0 saturated carbocycles. The summed E-state index contributed by atoms with van der Waals surface area (Å²) in [7, 11) is 0. The van der Waals surface area contributed by atoms with Crippen molar-refractivity contribution < 1.29 is 0 Å². The molecule has 10 aromatic rings. The molecule has 0 bridgehead atoms. The van der Waals surface area contributed by atoms with Crippen molar-refractivity contribution >= 4 is 77.0 Å². The quantitative estimate of drug-likeness (QED) is 0.205. The number of hydrogen-bond donors (Lipinski definition) is 0. The number of hydrogen-bond acceptors (Lipinski definition) is 2. The molecular formula is C38H23N5. The minimum absolute atomic E-state index is 0.924. The van der Waals surface area contributed by atoms with Crippen LogP contribution in [0.2, 0.25) is 0 Å². The predicted molar refractivity (Wildman–Crippen MR) is 177 cm³/mol. The number of rotatable bonds is 1. The molecule has 43 heavy (non-hydrogen) atoms. The van der Waals surface area contributed by atoms with Crippen molar-refractivity contribution in [2.75, 3.05) is 0 Å². The van der Waals surface area contributed by atoms with Crippen LogP contribution in [0.3, 0.4) is 0 Å². The molecule has 4 heterocycles. The summed E-state index contributed by atoms with van der Waals surface area (Å²) in [5.74, 6) is 0. The zero-order valence-corrected chi connectivity index (χ0v) is 23.0. The molecule has 5 nitrogen and oxygen atoms in total. The van der Waals surface area contributed by atoms with E-state index in [0.29, 0.717) is 0 Å². The van der Waals surface area contributed by atoms with Crippen LogP contribution in [-0.4, -0.2) is 23.3 Å². The average molecular weight is 550 g/mol. The molecule has 4 aromatic heterocycles. The molecule has 0 unspecified atom stereocenters. The van der Waals surface area contributed by atoms with Crippen LogP contribution in [0.4, 0.5) is 0 Å². The molecule has 6 aromatic carbocycles. The Morgan fingerprint density at radius 1 is 0.349 bits per heavy atom. The molecule has 0 radical (unpaired) electrons. The van der Waals surface area contributed by atoms with Crippen molar-refractivity contribution in [3.63, 3.8) is 0 Å². The van der Waals surface area contributed by atoms with Crippen LogP contribution < -0.4 is 0 Å². The van der Waals surface area contributed by atoms with E-state index >= 15 is 0 Å². The normalized spacial score (nSPS) is 12.2. The number of imidazole rings is 2. The summed E-state index contributed by atoms with van der Waals surface area (Å²) in [5.41, 5.74) is 11.5. The van der Waals surface area contributed by atoms with Crippen molar-refractivity contribution in [2.45, 2.75) is 0 Å². The molecule has 0 fully saturated rings. The van der Waals surface area contributed by atoms with Gasteiger partial charge in [0.2, 0.25) is 0 Å². The Kier molecular flexibility index (Phi) is 4.39. The fraction of sp³-hybridized carbons (Fsp3) is 0. The molecule has 5 heteroatoms.